The Morgan fingerprint density at radius 3 is 1.30 bits per heavy atom. The first-order valence-electron chi connectivity index (χ1n) is 18.8. The van der Waals surface area contributed by atoms with Crippen LogP contribution in [0.5, 0.6) is 0 Å². The molecular formula is C49H41N5. The predicted molar refractivity (Wildman–Crippen MR) is 228 cm³/mol. The smallest absolute Gasteiger partial charge is 0.166 e. The van der Waals surface area contributed by atoms with E-state index < -0.39 is 0 Å². The standard InChI is InChI=1S/C45H29N5.2C2H6/c1-4-16-30(17-5-1)43-46-44(31-18-6-2-7-19-31)48-45(47-43)35-24-12-15-27-40(35)50-39-26-14-11-23-34(39)37-28-41-36(29-42(37)50)33-22-10-13-25-38(33)49(41)32-20-8-3-9-21-32;2*1-2/h1-29H;2*1-2H3. The van der Waals surface area contributed by atoms with Gasteiger partial charge < -0.3 is 9.13 Å². The molecule has 5 heteroatoms. The lowest BCUT2D eigenvalue weighted by Gasteiger charge is -2.14. The second-order valence-corrected chi connectivity index (χ2v) is 12.5. The summed E-state index contributed by atoms with van der Waals surface area (Å²) in [4.78, 5) is 15.2. The monoisotopic (exact) mass is 699 g/mol. The van der Waals surface area contributed by atoms with Crippen molar-refractivity contribution in [3.05, 3.63) is 176 Å². The van der Waals surface area contributed by atoms with Crippen molar-refractivity contribution in [3.8, 4) is 45.5 Å². The van der Waals surface area contributed by atoms with Crippen LogP contribution in [0.3, 0.4) is 0 Å². The van der Waals surface area contributed by atoms with Gasteiger partial charge in [0, 0.05) is 43.9 Å². The van der Waals surface area contributed by atoms with Gasteiger partial charge in [-0.15, -0.1) is 0 Å². The number of benzene rings is 7. The topological polar surface area (TPSA) is 48.5 Å². The van der Waals surface area contributed by atoms with Gasteiger partial charge in [0.2, 0.25) is 0 Å². The van der Waals surface area contributed by atoms with E-state index in [1.807, 2.05) is 88.4 Å². The maximum atomic E-state index is 5.12. The Morgan fingerprint density at radius 2 is 0.741 bits per heavy atom. The van der Waals surface area contributed by atoms with Gasteiger partial charge in [-0.25, -0.2) is 15.0 Å². The van der Waals surface area contributed by atoms with Crippen LogP contribution in [0.4, 0.5) is 0 Å². The van der Waals surface area contributed by atoms with Gasteiger partial charge in [-0.2, -0.15) is 0 Å². The van der Waals surface area contributed by atoms with E-state index in [-0.39, 0.29) is 0 Å². The van der Waals surface area contributed by atoms with Crippen molar-refractivity contribution in [2.75, 3.05) is 0 Å². The fourth-order valence-electron chi connectivity index (χ4n) is 7.33. The van der Waals surface area contributed by atoms with Gasteiger partial charge in [-0.05, 0) is 48.5 Å². The molecule has 3 aromatic heterocycles. The summed E-state index contributed by atoms with van der Waals surface area (Å²) < 4.78 is 4.76. The largest absolute Gasteiger partial charge is 0.309 e. The molecule has 0 aliphatic rings. The van der Waals surface area contributed by atoms with Crippen molar-refractivity contribution >= 4 is 43.6 Å². The van der Waals surface area contributed by atoms with Crippen molar-refractivity contribution in [2.45, 2.75) is 27.7 Å². The third-order valence-electron chi connectivity index (χ3n) is 9.57. The molecule has 7 aromatic carbocycles. The third-order valence-corrected chi connectivity index (χ3v) is 9.57. The summed E-state index contributed by atoms with van der Waals surface area (Å²) >= 11 is 0. The molecule has 10 aromatic rings. The molecule has 0 aliphatic heterocycles. The Labute approximate surface area is 315 Å². The maximum absolute atomic E-state index is 5.12. The van der Waals surface area contributed by atoms with Crippen molar-refractivity contribution in [3.63, 3.8) is 0 Å². The Balaban J connectivity index is 0.00000100. The van der Waals surface area contributed by atoms with Crippen molar-refractivity contribution < 1.29 is 0 Å². The molecule has 0 fully saturated rings. The average Bonchev–Trinajstić information content (AvgIpc) is 3.77. The number of para-hydroxylation sites is 4. The lowest BCUT2D eigenvalue weighted by molar-refractivity contribution is 1.06. The van der Waals surface area contributed by atoms with E-state index in [0.29, 0.717) is 17.5 Å². The summed E-state index contributed by atoms with van der Waals surface area (Å²) in [6.07, 6.45) is 0. The molecule has 0 aliphatic carbocycles. The summed E-state index contributed by atoms with van der Waals surface area (Å²) in [5.41, 5.74) is 9.59. The van der Waals surface area contributed by atoms with Gasteiger partial charge in [0.15, 0.2) is 17.5 Å². The number of fused-ring (bicyclic) bond motifs is 6. The van der Waals surface area contributed by atoms with Crippen molar-refractivity contribution in [1.29, 1.82) is 0 Å². The third kappa shape index (κ3) is 5.90. The van der Waals surface area contributed by atoms with Crippen LogP contribution in [-0.4, -0.2) is 24.1 Å². The summed E-state index contributed by atoms with van der Waals surface area (Å²) in [6, 6.07) is 61.4. The van der Waals surface area contributed by atoms with Crippen LogP contribution in [0, 0.1) is 0 Å². The van der Waals surface area contributed by atoms with Crippen LogP contribution in [0.25, 0.3) is 89.2 Å². The minimum Gasteiger partial charge on any atom is -0.309 e. The zero-order chi connectivity index (χ0) is 37.0. The summed E-state index contributed by atoms with van der Waals surface area (Å²) in [5.74, 6) is 1.91. The van der Waals surface area contributed by atoms with Gasteiger partial charge >= 0.3 is 0 Å². The Hall–Kier alpha value is -6.85. The highest BCUT2D eigenvalue weighted by molar-refractivity contribution is 6.19. The van der Waals surface area contributed by atoms with Gasteiger partial charge in [0.1, 0.15) is 0 Å². The molecule has 0 saturated carbocycles. The SMILES string of the molecule is CC.CC.c1ccc(-c2nc(-c3ccccc3)nc(-c3ccccc3-n3c4ccccc4c4cc5c(cc43)c3ccccc3n5-c3ccccc3)n2)cc1. The number of hydrogen-bond acceptors (Lipinski definition) is 3. The van der Waals surface area contributed by atoms with E-state index in [9.17, 15) is 0 Å². The highest BCUT2D eigenvalue weighted by Gasteiger charge is 2.21. The molecular weight excluding hydrogens is 659 g/mol. The fraction of sp³-hybridized carbons (Fsp3) is 0.0816. The van der Waals surface area contributed by atoms with Crippen LogP contribution in [-0.2, 0) is 0 Å². The van der Waals surface area contributed by atoms with Crippen molar-refractivity contribution in [2.24, 2.45) is 0 Å². The van der Waals surface area contributed by atoms with Gasteiger partial charge in [-0.3, -0.25) is 0 Å². The van der Waals surface area contributed by atoms with Crippen LogP contribution >= 0.6 is 0 Å². The maximum Gasteiger partial charge on any atom is 0.166 e. The Kier molecular flexibility index (Phi) is 9.52. The average molecular weight is 700 g/mol. The van der Waals surface area contributed by atoms with E-state index in [1.165, 1.54) is 32.6 Å². The minimum absolute atomic E-state index is 0.626. The van der Waals surface area contributed by atoms with E-state index >= 15 is 0 Å². The number of aromatic nitrogens is 5. The predicted octanol–water partition coefficient (Wildman–Crippen LogP) is 13.1. The van der Waals surface area contributed by atoms with Crippen LogP contribution in [0.1, 0.15) is 27.7 Å². The summed E-state index contributed by atoms with van der Waals surface area (Å²) in [6.45, 7) is 8.00. The fourth-order valence-corrected chi connectivity index (χ4v) is 7.33. The first-order chi connectivity index (χ1) is 26.8. The van der Waals surface area contributed by atoms with Crippen LogP contribution in [0.2, 0.25) is 0 Å². The zero-order valence-corrected chi connectivity index (χ0v) is 31.0. The van der Waals surface area contributed by atoms with E-state index in [1.54, 1.807) is 0 Å². The summed E-state index contributed by atoms with van der Waals surface area (Å²) in [7, 11) is 0. The molecule has 3 heterocycles. The van der Waals surface area contributed by atoms with Gasteiger partial charge in [0.05, 0.1) is 27.8 Å². The quantitative estimate of drug-likeness (QED) is 0.180. The second kappa shape index (κ2) is 15.0. The highest BCUT2D eigenvalue weighted by atomic mass is 15.1. The minimum atomic E-state index is 0.626. The summed E-state index contributed by atoms with van der Waals surface area (Å²) in [5, 5.41) is 4.80. The highest BCUT2D eigenvalue weighted by Crippen LogP contribution is 2.41. The molecule has 10 rings (SSSR count). The lowest BCUT2D eigenvalue weighted by atomic mass is 10.1. The number of rotatable bonds is 5. The first-order valence-corrected chi connectivity index (χ1v) is 18.8. The molecule has 0 amide bonds. The Morgan fingerprint density at radius 1 is 0.333 bits per heavy atom. The molecule has 0 saturated heterocycles. The number of nitrogens with zero attached hydrogens (tertiary/aromatic N) is 5. The molecule has 0 N–H and O–H groups in total. The molecule has 0 atom stereocenters. The zero-order valence-electron chi connectivity index (χ0n) is 31.0. The van der Waals surface area contributed by atoms with Crippen molar-refractivity contribution in [1.82, 2.24) is 24.1 Å². The molecule has 262 valence electrons. The Bertz CT molecular complexity index is 2800. The second-order valence-electron chi connectivity index (χ2n) is 12.5. The van der Waals surface area contributed by atoms with Crippen LogP contribution < -0.4 is 0 Å². The van der Waals surface area contributed by atoms with Gasteiger partial charge in [0.25, 0.3) is 0 Å². The first kappa shape index (κ1) is 34.2. The molecule has 0 spiro atoms. The number of hydrogen-bond donors (Lipinski definition) is 0. The molecule has 5 nitrogen and oxygen atoms in total. The molecule has 0 unspecified atom stereocenters. The van der Waals surface area contributed by atoms with E-state index in [2.05, 4.69) is 124 Å². The van der Waals surface area contributed by atoms with E-state index in [0.717, 1.165) is 39.1 Å². The molecule has 0 bridgehead atoms. The van der Waals surface area contributed by atoms with E-state index in [4.69, 9.17) is 15.0 Å². The van der Waals surface area contributed by atoms with Gasteiger partial charge in [-0.1, -0.05) is 155 Å². The van der Waals surface area contributed by atoms with Crippen LogP contribution in [0.15, 0.2) is 176 Å². The normalized spacial score (nSPS) is 11.0. The lowest BCUT2D eigenvalue weighted by Crippen LogP contribution is -2.03. The molecule has 54 heavy (non-hydrogen) atoms. The molecule has 0 radical (unpaired) electrons.